The zero-order valence-electron chi connectivity index (χ0n) is 14.3. The number of methoxy groups -OCH3 is 2. The van der Waals surface area contributed by atoms with Gasteiger partial charge in [-0.1, -0.05) is 19.8 Å². The van der Waals surface area contributed by atoms with Crippen LogP contribution in [0.4, 0.5) is 0 Å². The van der Waals surface area contributed by atoms with Crippen LogP contribution in [0.15, 0.2) is 17.1 Å². The molecule has 0 fully saturated rings. The molecule has 0 radical (unpaired) electrons. The molecule has 0 aromatic heterocycles. The number of nitrogens with one attached hydrogen (secondary N) is 1. The van der Waals surface area contributed by atoms with Crippen molar-refractivity contribution >= 4 is 11.6 Å². The van der Waals surface area contributed by atoms with Gasteiger partial charge in [0.15, 0.2) is 11.5 Å². The fourth-order valence-electron chi connectivity index (χ4n) is 2.76. The molecule has 1 aromatic rings. The van der Waals surface area contributed by atoms with Crippen LogP contribution in [0.5, 0.6) is 11.5 Å². The van der Waals surface area contributed by atoms with E-state index in [2.05, 4.69) is 17.2 Å². The van der Waals surface area contributed by atoms with Crippen molar-refractivity contribution in [1.29, 1.82) is 0 Å². The molecule has 1 N–H and O–H groups in total. The van der Waals surface area contributed by atoms with Gasteiger partial charge in [0, 0.05) is 18.7 Å². The number of carbonyl (C=O) groups is 1. The Morgan fingerprint density at radius 1 is 1.22 bits per heavy atom. The summed E-state index contributed by atoms with van der Waals surface area (Å²) in [5, 5.41) is 2.97. The smallest absolute Gasteiger partial charge is 0.226 e. The SMILES string of the molecule is CCCCCNC(=O)CC1=NCCc2cc(OC)c(OC)cc21. The molecule has 0 saturated carbocycles. The Kier molecular flexibility index (Phi) is 6.44. The first-order valence-corrected chi connectivity index (χ1v) is 8.24. The van der Waals surface area contributed by atoms with Crippen molar-refractivity contribution in [2.24, 2.45) is 4.99 Å². The molecule has 126 valence electrons. The van der Waals surface area contributed by atoms with Gasteiger partial charge < -0.3 is 14.8 Å². The van der Waals surface area contributed by atoms with Gasteiger partial charge in [-0.25, -0.2) is 0 Å². The van der Waals surface area contributed by atoms with Gasteiger partial charge in [0.1, 0.15) is 0 Å². The van der Waals surface area contributed by atoms with Gasteiger partial charge in [-0.05, 0) is 30.5 Å². The molecular weight excluding hydrogens is 292 g/mol. The maximum Gasteiger partial charge on any atom is 0.226 e. The zero-order chi connectivity index (χ0) is 16.7. The maximum absolute atomic E-state index is 12.1. The van der Waals surface area contributed by atoms with Gasteiger partial charge in [0.2, 0.25) is 5.91 Å². The van der Waals surface area contributed by atoms with Gasteiger partial charge in [-0.15, -0.1) is 0 Å². The highest BCUT2D eigenvalue weighted by atomic mass is 16.5. The summed E-state index contributed by atoms with van der Waals surface area (Å²) in [4.78, 5) is 16.7. The molecule has 2 rings (SSSR count). The summed E-state index contributed by atoms with van der Waals surface area (Å²) in [6, 6.07) is 3.92. The second-order valence-corrected chi connectivity index (χ2v) is 5.68. The Bertz CT molecular complexity index is 582. The number of benzene rings is 1. The summed E-state index contributed by atoms with van der Waals surface area (Å²) in [5.74, 6) is 1.42. The molecule has 0 spiro atoms. The second kappa shape index (κ2) is 8.56. The number of ether oxygens (including phenoxy) is 2. The largest absolute Gasteiger partial charge is 0.493 e. The van der Waals surface area contributed by atoms with E-state index in [1.807, 2.05) is 12.1 Å². The second-order valence-electron chi connectivity index (χ2n) is 5.68. The molecule has 1 amide bonds. The monoisotopic (exact) mass is 318 g/mol. The summed E-state index contributed by atoms with van der Waals surface area (Å²) in [6.45, 7) is 3.59. The Hall–Kier alpha value is -2.04. The van der Waals surface area contributed by atoms with E-state index in [1.54, 1.807) is 14.2 Å². The quantitative estimate of drug-likeness (QED) is 0.750. The highest BCUT2D eigenvalue weighted by Crippen LogP contribution is 2.32. The van der Waals surface area contributed by atoms with Gasteiger partial charge >= 0.3 is 0 Å². The molecule has 1 aliphatic heterocycles. The van der Waals surface area contributed by atoms with Crippen LogP contribution in [0.1, 0.15) is 43.7 Å². The predicted octanol–water partition coefficient (Wildman–Crippen LogP) is 2.75. The molecule has 0 saturated heterocycles. The Balaban J connectivity index is 2.08. The number of unbranched alkanes of at least 4 members (excludes halogenated alkanes) is 2. The van der Waals surface area contributed by atoms with Crippen LogP contribution < -0.4 is 14.8 Å². The molecule has 1 heterocycles. The summed E-state index contributed by atoms with van der Waals surface area (Å²) in [6.07, 6.45) is 4.49. The van der Waals surface area contributed by atoms with E-state index in [1.165, 1.54) is 0 Å². The van der Waals surface area contributed by atoms with Crippen molar-refractivity contribution in [2.75, 3.05) is 27.3 Å². The lowest BCUT2D eigenvalue weighted by atomic mass is 9.95. The number of hydrogen-bond acceptors (Lipinski definition) is 4. The molecule has 0 unspecified atom stereocenters. The van der Waals surface area contributed by atoms with E-state index < -0.39 is 0 Å². The molecule has 5 heteroatoms. The van der Waals surface area contributed by atoms with Gasteiger partial charge in [-0.2, -0.15) is 0 Å². The number of rotatable bonds is 8. The molecule has 23 heavy (non-hydrogen) atoms. The number of fused-ring (bicyclic) bond motifs is 1. The predicted molar refractivity (Wildman–Crippen MR) is 91.8 cm³/mol. The Morgan fingerprint density at radius 3 is 2.65 bits per heavy atom. The molecule has 5 nitrogen and oxygen atoms in total. The van der Waals surface area contributed by atoms with Crippen LogP contribution in [-0.4, -0.2) is 38.9 Å². The molecule has 1 aliphatic rings. The van der Waals surface area contributed by atoms with Gasteiger partial charge in [-0.3, -0.25) is 9.79 Å². The first-order chi connectivity index (χ1) is 11.2. The van der Waals surface area contributed by atoms with Gasteiger partial charge in [0.05, 0.1) is 26.4 Å². The third kappa shape index (κ3) is 4.47. The third-order valence-electron chi connectivity index (χ3n) is 4.03. The van der Waals surface area contributed by atoms with Crippen LogP contribution in [0.25, 0.3) is 0 Å². The number of nitrogens with zero attached hydrogens (tertiary/aromatic N) is 1. The van der Waals surface area contributed by atoms with Crippen LogP contribution in [0.3, 0.4) is 0 Å². The number of hydrogen-bond donors (Lipinski definition) is 1. The number of carbonyl (C=O) groups excluding carboxylic acids is 1. The summed E-state index contributed by atoms with van der Waals surface area (Å²) < 4.78 is 10.7. The average molecular weight is 318 g/mol. The van der Waals surface area contributed by atoms with Crippen LogP contribution in [0.2, 0.25) is 0 Å². The van der Waals surface area contributed by atoms with E-state index in [9.17, 15) is 4.79 Å². The minimum atomic E-state index is 0.0301. The van der Waals surface area contributed by atoms with Crippen molar-refractivity contribution in [1.82, 2.24) is 5.32 Å². The van der Waals surface area contributed by atoms with E-state index in [0.29, 0.717) is 18.7 Å². The first-order valence-electron chi connectivity index (χ1n) is 8.24. The lowest BCUT2D eigenvalue weighted by molar-refractivity contribution is -0.119. The van der Waals surface area contributed by atoms with E-state index in [0.717, 1.165) is 54.8 Å². The zero-order valence-corrected chi connectivity index (χ0v) is 14.3. The average Bonchev–Trinajstić information content (AvgIpc) is 2.57. The third-order valence-corrected chi connectivity index (χ3v) is 4.03. The highest BCUT2D eigenvalue weighted by Gasteiger charge is 2.20. The summed E-state index contributed by atoms with van der Waals surface area (Å²) in [7, 11) is 3.25. The fourth-order valence-corrected chi connectivity index (χ4v) is 2.76. The van der Waals surface area contributed by atoms with Gasteiger partial charge in [0.25, 0.3) is 0 Å². The maximum atomic E-state index is 12.1. The van der Waals surface area contributed by atoms with Crippen molar-refractivity contribution in [3.05, 3.63) is 23.3 Å². The van der Waals surface area contributed by atoms with E-state index in [-0.39, 0.29) is 5.91 Å². The summed E-state index contributed by atoms with van der Waals surface area (Å²) in [5.41, 5.74) is 2.99. The van der Waals surface area contributed by atoms with Crippen molar-refractivity contribution in [3.8, 4) is 11.5 Å². The first kappa shape index (κ1) is 17.3. The topological polar surface area (TPSA) is 59.9 Å². The summed E-state index contributed by atoms with van der Waals surface area (Å²) >= 11 is 0. The highest BCUT2D eigenvalue weighted by molar-refractivity contribution is 6.12. The molecular formula is C18H26N2O3. The molecule has 0 bridgehead atoms. The van der Waals surface area contributed by atoms with Crippen LogP contribution in [-0.2, 0) is 11.2 Å². The molecule has 0 atom stereocenters. The lowest BCUT2D eigenvalue weighted by Gasteiger charge is -2.19. The Labute approximate surface area is 138 Å². The van der Waals surface area contributed by atoms with Crippen molar-refractivity contribution < 1.29 is 14.3 Å². The normalized spacial score (nSPS) is 13.1. The fraction of sp³-hybridized carbons (Fsp3) is 0.556. The van der Waals surface area contributed by atoms with E-state index >= 15 is 0 Å². The molecule has 0 aliphatic carbocycles. The van der Waals surface area contributed by atoms with E-state index in [4.69, 9.17) is 9.47 Å². The molecule has 1 aromatic carbocycles. The standard InChI is InChI=1S/C18H26N2O3/c1-4-5-6-8-20-18(21)12-15-14-11-17(23-3)16(22-2)10-13(14)7-9-19-15/h10-11H,4-9,12H2,1-3H3,(H,20,21). The Morgan fingerprint density at radius 2 is 1.96 bits per heavy atom. The number of amides is 1. The minimum absolute atomic E-state index is 0.0301. The minimum Gasteiger partial charge on any atom is -0.493 e. The van der Waals surface area contributed by atoms with Crippen LogP contribution in [0, 0.1) is 0 Å². The van der Waals surface area contributed by atoms with Crippen LogP contribution >= 0.6 is 0 Å². The lowest BCUT2D eigenvalue weighted by Crippen LogP contribution is -2.28. The number of aliphatic imine (C=N–C) groups is 1. The van der Waals surface area contributed by atoms with Crippen molar-refractivity contribution in [3.63, 3.8) is 0 Å². The van der Waals surface area contributed by atoms with Crippen molar-refractivity contribution in [2.45, 2.75) is 39.0 Å².